The Morgan fingerprint density at radius 1 is 1.10 bits per heavy atom. The number of carbonyl (C=O) groups is 1. The molecule has 21 heavy (non-hydrogen) atoms. The Labute approximate surface area is 122 Å². The van der Waals surface area contributed by atoms with Gasteiger partial charge >= 0.3 is 0 Å². The lowest BCUT2D eigenvalue weighted by Gasteiger charge is -2.10. The number of carbonyl (C=O) groups excluding carboxylic acids is 1. The SMILES string of the molecule is O=C(c1ccc2cccnc2c1)C1Cc2ccccc2N1. The van der Waals surface area contributed by atoms with Crippen LogP contribution in [0.3, 0.4) is 0 Å². The van der Waals surface area contributed by atoms with E-state index in [2.05, 4.69) is 16.4 Å². The van der Waals surface area contributed by atoms with Crippen LogP contribution >= 0.6 is 0 Å². The van der Waals surface area contributed by atoms with Gasteiger partial charge in [0.05, 0.1) is 11.6 Å². The number of Topliss-reactive ketones (excluding diaryl/α,β-unsaturated/α-hetero) is 1. The van der Waals surface area contributed by atoms with Crippen molar-refractivity contribution in [2.24, 2.45) is 0 Å². The maximum Gasteiger partial charge on any atom is 0.185 e. The van der Waals surface area contributed by atoms with E-state index < -0.39 is 0 Å². The maximum atomic E-state index is 12.7. The zero-order valence-corrected chi connectivity index (χ0v) is 11.4. The van der Waals surface area contributed by atoms with Gasteiger partial charge < -0.3 is 5.32 Å². The number of hydrogen-bond donors (Lipinski definition) is 1. The van der Waals surface area contributed by atoms with Crippen molar-refractivity contribution in [3.63, 3.8) is 0 Å². The lowest BCUT2D eigenvalue weighted by molar-refractivity contribution is 0.0972. The molecule has 4 rings (SSSR count). The lowest BCUT2D eigenvalue weighted by Crippen LogP contribution is -2.27. The highest BCUT2D eigenvalue weighted by molar-refractivity contribution is 6.04. The molecule has 0 saturated heterocycles. The average Bonchev–Trinajstić information content (AvgIpc) is 2.97. The van der Waals surface area contributed by atoms with Crippen LogP contribution in [0.1, 0.15) is 15.9 Å². The molecule has 3 nitrogen and oxygen atoms in total. The van der Waals surface area contributed by atoms with Gasteiger partial charge in [-0.25, -0.2) is 0 Å². The van der Waals surface area contributed by atoms with Crippen LogP contribution in [-0.2, 0) is 6.42 Å². The molecule has 102 valence electrons. The Hall–Kier alpha value is -2.68. The van der Waals surface area contributed by atoms with Crippen LogP contribution in [0.5, 0.6) is 0 Å². The molecule has 0 amide bonds. The third-order valence-electron chi connectivity index (χ3n) is 3.98. The summed E-state index contributed by atoms with van der Waals surface area (Å²) in [5, 5.41) is 4.36. The Morgan fingerprint density at radius 3 is 2.90 bits per heavy atom. The summed E-state index contributed by atoms with van der Waals surface area (Å²) in [4.78, 5) is 17.0. The molecule has 0 fully saturated rings. The smallest absolute Gasteiger partial charge is 0.185 e. The molecule has 0 radical (unpaired) electrons. The van der Waals surface area contributed by atoms with Gasteiger partial charge in [-0.2, -0.15) is 0 Å². The van der Waals surface area contributed by atoms with Gasteiger partial charge in [0, 0.05) is 29.3 Å². The van der Waals surface area contributed by atoms with Gasteiger partial charge in [0.1, 0.15) is 0 Å². The van der Waals surface area contributed by atoms with E-state index in [-0.39, 0.29) is 11.8 Å². The normalized spacial score (nSPS) is 16.5. The minimum Gasteiger partial charge on any atom is -0.374 e. The Balaban J connectivity index is 1.65. The zero-order valence-electron chi connectivity index (χ0n) is 11.4. The molecule has 2 heterocycles. The van der Waals surface area contributed by atoms with Gasteiger partial charge in [0.25, 0.3) is 0 Å². The molecular weight excluding hydrogens is 260 g/mol. The van der Waals surface area contributed by atoms with Gasteiger partial charge in [-0.3, -0.25) is 9.78 Å². The van der Waals surface area contributed by atoms with E-state index in [1.165, 1.54) is 5.56 Å². The van der Waals surface area contributed by atoms with Crippen molar-refractivity contribution >= 4 is 22.4 Å². The Kier molecular flexibility index (Phi) is 2.71. The van der Waals surface area contributed by atoms with E-state index >= 15 is 0 Å². The molecule has 1 unspecified atom stereocenters. The van der Waals surface area contributed by atoms with Crippen LogP contribution in [0.15, 0.2) is 60.8 Å². The molecule has 1 atom stereocenters. The van der Waals surface area contributed by atoms with Crippen LogP contribution in [0.25, 0.3) is 10.9 Å². The van der Waals surface area contributed by atoms with Gasteiger partial charge in [0.2, 0.25) is 0 Å². The van der Waals surface area contributed by atoms with Gasteiger partial charge in [-0.05, 0) is 23.8 Å². The minimum atomic E-state index is -0.177. The maximum absolute atomic E-state index is 12.7. The number of pyridine rings is 1. The second kappa shape index (κ2) is 4.70. The van der Waals surface area contributed by atoms with Crippen LogP contribution in [0, 0.1) is 0 Å². The lowest BCUT2D eigenvalue weighted by atomic mass is 10.00. The molecular formula is C18H14N2O. The van der Waals surface area contributed by atoms with E-state index in [4.69, 9.17) is 0 Å². The van der Waals surface area contributed by atoms with Crippen LogP contribution < -0.4 is 5.32 Å². The summed E-state index contributed by atoms with van der Waals surface area (Å²) < 4.78 is 0. The van der Waals surface area contributed by atoms with E-state index in [9.17, 15) is 4.79 Å². The number of benzene rings is 2. The molecule has 0 bridgehead atoms. The van der Waals surface area contributed by atoms with Crippen molar-refractivity contribution in [3.8, 4) is 0 Å². The van der Waals surface area contributed by atoms with E-state index in [0.717, 1.165) is 23.0 Å². The van der Waals surface area contributed by atoms with Crippen molar-refractivity contribution in [3.05, 3.63) is 71.9 Å². The third-order valence-corrected chi connectivity index (χ3v) is 3.98. The predicted molar refractivity (Wildman–Crippen MR) is 83.6 cm³/mol. The molecule has 3 aromatic rings. The molecule has 0 aliphatic carbocycles. The summed E-state index contributed by atoms with van der Waals surface area (Å²) >= 11 is 0. The highest BCUT2D eigenvalue weighted by Gasteiger charge is 2.27. The quantitative estimate of drug-likeness (QED) is 0.728. The molecule has 0 saturated carbocycles. The van der Waals surface area contributed by atoms with E-state index in [0.29, 0.717) is 5.56 Å². The van der Waals surface area contributed by atoms with Gasteiger partial charge in [-0.15, -0.1) is 0 Å². The van der Waals surface area contributed by atoms with Crippen molar-refractivity contribution in [1.82, 2.24) is 4.98 Å². The molecule has 2 aromatic carbocycles. The molecule has 1 aliphatic heterocycles. The largest absolute Gasteiger partial charge is 0.374 e. The highest BCUT2D eigenvalue weighted by Crippen LogP contribution is 2.27. The van der Waals surface area contributed by atoms with Crippen molar-refractivity contribution in [2.45, 2.75) is 12.5 Å². The number of para-hydroxylation sites is 1. The van der Waals surface area contributed by atoms with Crippen LogP contribution in [0.4, 0.5) is 5.69 Å². The van der Waals surface area contributed by atoms with Crippen LogP contribution in [-0.4, -0.2) is 16.8 Å². The number of nitrogens with one attached hydrogen (secondary N) is 1. The van der Waals surface area contributed by atoms with Crippen LogP contribution in [0.2, 0.25) is 0 Å². The summed E-state index contributed by atoms with van der Waals surface area (Å²) in [6.45, 7) is 0. The van der Waals surface area contributed by atoms with Crippen molar-refractivity contribution < 1.29 is 4.79 Å². The molecule has 1 N–H and O–H groups in total. The number of rotatable bonds is 2. The second-order valence-corrected chi connectivity index (χ2v) is 5.33. The first-order chi connectivity index (χ1) is 10.3. The molecule has 0 spiro atoms. The number of nitrogens with zero attached hydrogens (tertiary/aromatic N) is 1. The fourth-order valence-corrected chi connectivity index (χ4v) is 2.88. The number of fused-ring (bicyclic) bond motifs is 2. The summed E-state index contributed by atoms with van der Waals surface area (Å²) in [7, 11) is 0. The third kappa shape index (κ3) is 2.07. The molecule has 1 aromatic heterocycles. The summed E-state index contributed by atoms with van der Waals surface area (Å²) in [6, 6.07) is 17.5. The summed E-state index contributed by atoms with van der Waals surface area (Å²) in [5.41, 5.74) is 3.84. The summed E-state index contributed by atoms with van der Waals surface area (Å²) in [5.74, 6) is 0.124. The Morgan fingerprint density at radius 2 is 2.00 bits per heavy atom. The fraction of sp³-hybridized carbons (Fsp3) is 0.111. The topological polar surface area (TPSA) is 42.0 Å². The monoisotopic (exact) mass is 274 g/mol. The minimum absolute atomic E-state index is 0.124. The number of anilines is 1. The van der Waals surface area contributed by atoms with Crippen molar-refractivity contribution in [1.29, 1.82) is 0 Å². The van der Waals surface area contributed by atoms with E-state index in [1.54, 1.807) is 6.20 Å². The second-order valence-electron chi connectivity index (χ2n) is 5.33. The molecule has 1 aliphatic rings. The molecule has 3 heteroatoms. The van der Waals surface area contributed by atoms with Gasteiger partial charge in [0.15, 0.2) is 5.78 Å². The fourth-order valence-electron chi connectivity index (χ4n) is 2.88. The first-order valence-electron chi connectivity index (χ1n) is 7.05. The average molecular weight is 274 g/mol. The summed E-state index contributed by atoms with van der Waals surface area (Å²) in [6.07, 6.45) is 2.50. The Bertz CT molecular complexity index is 816. The zero-order chi connectivity index (χ0) is 14.2. The van der Waals surface area contributed by atoms with E-state index in [1.807, 2.05) is 48.5 Å². The first-order valence-corrected chi connectivity index (χ1v) is 7.05. The van der Waals surface area contributed by atoms with Gasteiger partial charge in [-0.1, -0.05) is 36.4 Å². The first kappa shape index (κ1) is 12.1. The van der Waals surface area contributed by atoms with Crippen molar-refractivity contribution in [2.75, 3.05) is 5.32 Å². The predicted octanol–water partition coefficient (Wildman–Crippen LogP) is 3.45. The number of aromatic nitrogens is 1. The standard InChI is InChI=1S/C18H14N2O/c21-18(17-10-13-4-1-2-6-15(13)20-17)14-8-7-12-5-3-9-19-16(12)11-14/h1-9,11,17,20H,10H2. The number of ketones is 1. The number of hydrogen-bond acceptors (Lipinski definition) is 3. The highest BCUT2D eigenvalue weighted by atomic mass is 16.1.